The van der Waals surface area contributed by atoms with Gasteiger partial charge in [0.2, 0.25) is 10.0 Å². The van der Waals surface area contributed by atoms with Crippen LogP contribution in [0.15, 0.2) is 50.5 Å². The van der Waals surface area contributed by atoms with E-state index in [-0.39, 0.29) is 47.8 Å². The molecule has 0 spiro atoms. The number of aromatic nitrogens is 1. The van der Waals surface area contributed by atoms with Gasteiger partial charge in [-0.3, -0.25) is 9.36 Å². The second kappa shape index (κ2) is 8.22. The summed E-state index contributed by atoms with van der Waals surface area (Å²) >= 11 is 0. The van der Waals surface area contributed by atoms with Crippen molar-refractivity contribution in [2.24, 2.45) is 0 Å². The molecular formula is C21H19FN4O5S. The topological polar surface area (TPSA) is 117 Å². The third-order valence-electron chi connectivity index (χ3n) is 5.45. The molecule has 0 aliphatic carbocycles. The maximum Gasteiger partial charge on any atom is 0.419 e. The summed E-state index contributed by atoms with van der Waals surface area (Å²) in [4.78, 5) is 25.9. The Balaban J connectivity index is 1.51. The van der Waals surface area contributed by atoms with Crippen LogP contribution in [0.4, 0.5) is 4.39 Å². The number of nitriles is 1. The fourth-order valence-electron chi connectivity index (χ4n) is 3.72. The van der Waals surface area contributed by atoms with Crippen LogP contribution in [-0.2, 0) is 16.6 Å². The fraction of sp³-hybridized carbons (Fsp3) is 0.286. The minimum absolute atomic E-state index is 0.0140. The molecule has 0 N–H and O–H groups in total. The van der Waals surface area contributed by atoms with Crippen molar-refractivity contribution in [3.8, 4) is 6.07 Å². The summed E-state index contributed by atoms with van der Waals surface area (Å²) < 4.78 is 48.1. The number of aryl methyl sites for hydroxylation is 1. The molecule has 0 bridgehead atoms. The first kappa shape index (κ1) is 21.7. The highest BCUT2D eigenvalue weighted by molar-refractivity contribution is 7.89. The number of oxazole rings is 1. The molecule has 9 nitrogen and oxygen atoms in total. The van der Waals surface area contributed by atoms with E-state index in [1.54, 1.807) is 13.0 Å². The molecule has 1 aliphatic rings. The van der Waals surface area contributed by atoms with Gasteiger partial charge in [-0.05, 0) is 37.3 Å². The van der Waals surface area contributed by atoms with E-state index in [9.17, 15) is 22.4 Å². The zero-order chi connectivity index (χ0) is 23.0. The van der Waals surface area contributed by atoms with Crippen LogP contribution in [0.3, 0.4) is 0 Å². The largest absolute Gasteiger partial charge is 0.419 e. The van der Waals surface area contributed by atoms with E-state index in [2.05, 4.69) is 0 Å². The Hall–Kier alpha value is -3.49. The van der Waals surface area contributed by atoms with E-state index in [1.165, 1.54) is 44.1 Å². The van der Waals surface area contributed by atoms with Crippen molar-refractivity contribution in [1.82, 2.24) is 13.8 Å². The van der Waals surface area contributed by atoms with Crippen molar-refractivity contribution < 1.29 is 22.0 Å². The van der Waals surface area contributed by atoms with Gasteiger partial charge in [-0.25, -0.2) is 17.6 Å². The summed E-state index contributed by atoms with van der Waals surface area (Å²) in [5.41, 5.74) is 0.637. The number of benzene rings is 2. The van der Waals surface area contributed by atoms with Gasteiger partial charge in [-0.1, -0.05) is 0 Å². The molecule has 0 radical (unpaired) electrons. The number of rotatable bonds is 4. The lowest BCUT2D eigenvalue weighted by molar-refractivity contribution is 0.0693. The number of carbonyl (C=O) groups is 1. The van der Waals surface area contributed by atoms with Crippen LogP contribution < -0.4 is 5.76 Å². The number of hydrogen-bond acceptors (Lipinski definition) is 6. The SMILES string of the molecule is CCn1c(=O)oc2cc(S(=O)(=O)N3CCN(C(=O)c4ccc(C#N)cc4F)CC3)ccc21. The molecule has 1 amide bonds. The Morgan fingerprint density at radius 1 is 1.16 bits per heavy atom. The molecule has 1 aromatic heterocycles. The van der Waals surface area contributed by atoms with Gasteiger partial charge in [0.25, 0.3) is 5.91 Å². The van der Waals surface area contributed by atoms with Crippen molar-refractivity contribution in [1.29, 1.82) is 5.26 Å². The molecule has 32 heavy (non-hydrogen) atoms. The summed E-state index contributed by atoms with van der Waals surface area (Å²) in [5.74, 6) is -1.91. The summed E-state index contributed by atoms with van der Waals surface area (Å²) in [6.45, 7) is 2.41. The van der Waals surface area contributed by atoms with Crippen molar-refractivity contribution in [3.63, 3.8) is 0 Å². The third kappa shape index (κ3) is 3.68. The predicted molar refractivity (Wildman–Crippen MR) is 112 cm³/mol. The average molecular weight is 458 g/mol. The second-order valence-electron chi connectivity index (χ2n) is 7.24. The summed E-state index contributed by atoms with van der Waals surface area (Å²) in [7, 11) is -3.88. The number of nitrogens with zero attached hydrogens (tertiary/aromatic N) is 4. The van der Waals surface area contributed by atoms with E-state index < -0.39 is 27.5 Å². The second-order valence-corrected chi connectivity index (χ2v) is 9.18. The van der Waals surface area contributed by atoms with Gasteiger partial charge in [0, 0.05) is 38.8 Å². The third-order valence-corrected chi connectivity index (χ3v) is 7.34. The number of fused-ring (bicyclic) bond motifs is 1. The summed E-state index contributed by atoms with van der Waals surface area (Å²) in [6.07, 6.45) is 0. The lowest BCUT2D eigenvalue weighted by Gasteiger charge is -2.34. The van der Waals surface area contributed by atoms with Crippen LogP contribution in [0, 0.1) is 17.1 Å². The molecule has 0 unspecified atom stereocenters. The quantitative estimate of drug-likeness (QED) is 0.588. The minimum atomic E-state index is -3.88. The molecule has 4 rings (SSSR count). The molecule has 1 aliphatic heterocycles. The van der Waals surface area contributed by atoms with Crippen LogP contribution in [0.25, 0.3) is 11.1 Å². The molecule has 0 saturated carbocycles. The van der Waals surface area contributed by atoms with Crippen LogP contribution in [0.2, 0.25) is 0 Å². The Bertz CT molecular complexity index is 1410. The van der Waals surface area contributed by atoms with Crippen LogP contribution in [0.5, 0.6) is 0 Å². The molecule has 2 heterocycles. The monoisotopic (exact) mass is 458 g/mol. The number of carbonyl (C=O) groups excluding carboxylic acids is 1. The molecule has 11 heteroatoms. The first-order valence-electron chi connectivity index (χ1n) is 9.88. The zero-order valence-electron chi connectivity index (χ0n) is 17.1. The summed E-state index contributed by atoms with van der Waals surface area (Å²) in [6, 6.07) is 9.69. The molecule has 0 atom stereocenters. The zero-order valence-corrected chi connectivity index (χ0v) is 17.9. The van der Waals surface area contributed by atoms with E-state index in [0.29, 0.717) is 12.1 Å². The number of amides is 1. The highest BCUT2D eigenvalue weighted by Gasteiger charge is 2.31. The lowest BCUT2D eigenvalue weighted by atomic mass is 10.1. The standard InChI is InChI=1S/C21H19FN4O5S/c1-2-26-18-6-4-15(12-19(18)31-21(26)28)32(29,30)25-9-7-24(8-10-25)20(27)16-5-3-14(13-23)11-17(16)22/h3-6,11-12H,2,7-10H2,1H3. The first-order chi connectivity index (χ1) is 15.3. The number of hydrogen-bond donors (Lipinski definition) is 0. The maximum atomic E-state index is 14.2. The predicted octanol–water partition coefficient (Wildman–Crippen LogP) is 1.77. The lowest BCUT2D eigenvalue weighted by Crippen LogP contribution is -2.50. The van der Waals surface area contributed by atoms with E-state index >= 15 is 0 Å². The summed E-state index contributed by atoms with van der Waals surface area (Å²) in [5, 5.41) is 8.83. The highest BCUT2D eigenvalue weighted by Crippen LogP contribution is 2.23. The van der Waals surface area contributed by atoms with Gasteiger partial charge >= 0.3 is 5.76 Å². The number of sulfonamides is 1. The molecule has 2 aromatic carbocycles. The normalized spacial score (nSPS) is 15.1. The number of piperazine rings is 1. The van der Waals surface area contributed by atoms with Gasteiger partial charge in [-0.2, -0.15) is 9.57 Å². The first-order valence-corrected chi connectivity index (χ1v) is 11.3. The Morgan fingerprint density at radius 3 is 2.50 bits per heavy atom. The highest BCUT2D eigenvalue weighted by atomic mass is 32.2. The maximum absolute atomic E-state index is 14.2. The van der Waals surface area contributed by atoms with Gasteiger partial charge in [-0.15, -0.1) is 0 Å². The molecule has 166 valence electrons. The van der Waals surface area contributed by atoms with Crippen molar-refractivity contribution in [2.45, 2.75) is 18.4 Å². The van der Waals surface area contributed by atoms with Crippen molar-refractivity contribution >= 4 is 27.0 Å². The van der Waals surface area contributed by atoms with Gasteiger partial charge in [0.15, 0.2) is 5.58 Å². The van der Waals surface area contributed by atoms with Crippen LogP contribution >= 0.6 is 0 Å². The Kier molecular flexibility index (Phi) is 5.58. The van der Waals surface area contributed by atoms with E-state index in [1.807, 2.05) is 0 Å². The van der Waals surface area contributed by atoms with Crippen molar-refractivity contribution in [3.05, 3.63) is 63.9 Å². The van der Waals surface area contributed by atoms with E-state index in [4.69, 9.17) is 9.68 Å². The van der Waals surface area contributed by atoms with Crippen LogP contribution in [-0.4, -0.2) is 54.3 Å². The molecule has 1 saturated heterocycles. The van der Waals surface area contributed by atoms with Gasteiger partial charge in [0.05, 0.1) is 27.6 Å². The van der Waals surface area contributed by atoms with Crippen molar-refractivity contribution in [2.75, 3.05) is 26.2 Å². The number of halogens is 1. The molecule has 3 aromatic rings. The Morgan fingerprint density at radius 2 is 1.88 bits per heavy atom. The van der Waals surface area contributed by atoms with Gasteiger partial charge in [0.1, 0.15) is 5.82 Å². The smallest absolute Gasteiger partial charge is 0.408 e. The molecular weight excluding hydrogens is 439 g/mol. The van der Waals surface area contributed by atoms with E-state index in [0.717, 1.165) is 6.07 Å². The van der Waals surface area contributed by atoms with Crippen LogP contribution in [0.1, 0.15) is 22.8 Å². The molecule has 1 fully saturated rings. The fourth-order valence-corrected chi connectivity index (χ4v) is 5.15. The Labute approximate surface area is 182 Å². The van der Waals surface area contributed by atoms with Gasteiger partial charge < -0.3 is 9.32 Å². The average Bonchev–Trinajstić information content (AvgIpc) is 3.12. The minimum Gasteiger partial charge on any atom is -0.408 e.